The van der Waals surface area contributed by atoms with Crippen LogP contribution in [0.5, 0.6) is 5.75 Å². The molecule has 7 nitrogen and oxygen atoms in total. The highest BCUT2D eigenvalue weighted by Crippen LogP contribution is 2.37. The summed E-state index contributed by atoms with van der Waals surface area (Å²) in [4.78, 5) is 14.7. The first-order valence-corrected chi connectivity index (χ1v) is 10.5. The summed E-state index contributed by atoms with van der Waals surface area (Å²) in [7, 11) is 1.64. The molecule has 4 rings (SSSR count). The Morgan fingerprint density at radius 1 is 1.14 bits per heavy atom. The smallest absolute Gasteiger partial charge is 0.273 e. The molecular weight excluding hydrogens is 406 g/mol. The predicted octanol–water partition coefficient (Wildman–Crippen LogP) is 4.32. The second-order valence-corrected chi connectivity index (χ2v) is 8.71. The van der Waals surface area contributed by atoms with Crippen LogP contribution in [0.4, 0.5) is 5.13 Å². The molecule has 0 spiro atoms. The number of amidine groups is 1. The van der Waals surface area contributed by atoms with Crippen LogP contribution in [-0.4, -0.2) is 32.9 Å². The van der Waals surface area contributed by atoms with Crippen molar-refractivity contribution in [1.82, 2.24) is 14.8 Å². The fraction of sp³-hybridized carbons (Fsp3) is 0.200. The molecule has 0 unspecified atom stereocenters. The number of nitrogens with one attached hydrogen (secondary N) is 1. The van der Waals surface area contributed by atoms with E-state index in [1.54, 1.807) is 7.11 Å². The molecular formula is C20H19N5O2S2. The van der Waals surface area contributed by atoms with E-state index in [1.807, 2.05) is 57.2 Å². The molecule has 0 aliphatic carbocycles. The predicted molar refractivity (Wildman–Crippen MR) is 117 cm³/mol. The number of benzene rings is 1. The fourth-order valence-electron chi connectivity index (χ4n) is 3.24. The number of aryl methyl sites for hydroxylation is 2. The molecule has 0 saturated carbocycles. The number of carbonyl (C=O) groups excluding carboxylic acids is 1. The monoisotopic (exact) mass is 425 g/mol. The molecule has 3 aromatic rings. The summed E-state index contributed by atoms with van der Waals surface area (Å²) in [6, 6.07) is 9.89. The van der Waals surface area contributed by atoms with E-state index >= 15 is 0 Å². The van der Waals surface area contributed by atoms with Crippen LogP contribution in [0.25, 0.3) is 11.8 Å². The molecule has 1 aliphatic heterocycles. The highest BCUT2D eigenvalue weighted by molar-refractivity contribution is 8.19. The molecule has 1 aliphatic rings. The van der Waals surface area contributed by atoms with Crippen molar-refractivity contribution in [2.75, 3.05) is 12.0 Å². The van der Waals surface area contributed by atoms with Crippen LogP contribution in [0.3, 0.4) is 0 Å². The lowest BCUT2D eigenvalue weighted by atomic mass is 10.2. The number of hydrogen-bond donors (Lipinski definition) is 1. The first-order valence-electron chi connectivity index (χ1n) is 8.85. The zero-order valence-electron chi connectivity index (χ0n) is 16.4. The van der Waals surface area contributed by atoms with Crippen LogP contribution in [0.1, 0.15) is 22.0 Å². The minimum Gasteiger partial charge on any atom is -0.497 e. The third-order valence-electron chi connectivity index (χ3n) is 4.62. The van der Waals surface area contributed by atoms with E-state index in [-0.39, 0.29) is 11.1 Å². The number of nitrogens with zero attached hydrogens (tertiary/aromatic N) is 4. The summed E-state index contributed by atoms with van der Waals surface area (Å²) in [6.45, 7) is 5.87. The molecule has 0 radical (unpaired) electrons. The third kappa shape index (κ3) is 3.47. The van der Waals surface area contributed by atoms with Gasteiger partial charge in [0.2, 0.25) is 5.13 Å². The lowest BCUT2D eigenvalue weighted by Gasteiger charge is -2.10. The maximum absolute atomic E-state index is 12.9. The van der Waals surface area contributed by atoms with Crippen molar-refractivity contribution in [2.24, 2.45) is 0 Å². The van der Waals surface area contributed by atoms with Gasteiger partial charge in [0.25, 0.3) is 5.91 Å². The number of amides is 1. The largest absolute Gasteiger partial charge is 0.497 e. The van der Waals surface area contributed by atoms with Crippen LogP contribution >= 0.6 is 23.1 Å². The van der Waals surface area contributed by atoms with Gasteiger partial charge >= 0.3 is 0 Å². The zero-order valence-corrected chi connectivity index (χ0v) is 18.0. The molecule has 148 valence electrons. The Balaban J connectivity index is 1.68. The molecule has 2 aromatic heterocycles. The van der Waals surface area contributed by atoms with Crippen molar-refractivity contribution in [3.63, 3.8) is 0 Å². The third-order valence-corrected chi connectivity index (χ3v) is 6.33. The summed E-state index contributed by atoms with van der Waals surface area (Å²) in [5.74, 6) is 0.558. The first kappa shape index (κ1) is 19.4. The van der Waals surface area contributed by atoms with Gasteiger partial charge < -0.3 is 9.30 Å². The van der Waals surface area contributed by atoms with E-state index in [0.717, 1.165) is 45.2 Å². The minimum absolute atomic E-state index is 0.140. The van der Waals surface area contributed by atoms with Crippen LogP contribution < -0.4 is 9.64 Å². The van der Waals surface area contributed by atoms with E-state index in [1.165, 1.54) is 16.2 Å². The molecule has 1 amide bonds. The Morgan fingerprint density at radius 2 is 1.86 bits per heavy atom. The summed E-state index contributed by atoms with van der Waals surface area (Å²) in [5.41, 5.74) is 4.04. The van der Waals surface area contributed by atoms with Gasteiger partial charge in [0, 0.05) is 17.1 Å². The van der Waals surface area contributed by atoms with Gasteiger partial charge in [-0.1, -0.05) is 11.3 Å². The molecule has 0 bridgehead atoms. The lowest BCUT2D eigenvalue weighted by molar-refractivity contribution is -0.113. The van der Waals surface area contributed by atoms with Gasteiger partial charge in [0.1, 0.15) is 10.8 Å². The Bertz CT molecular complexity index is 1140. The Hall–Kier alpha value is -2.91. The molecule has 0 atom stereocenters. The quantitative estimate of drug-likeness (QED) is 0.630. The molecule has 1 fully saturated rings. The number of aromatic nitrogens is 3. The van der Waals surface area contributed by atoms with E-state index in [0.29, 0.717) is 10.0 Å². The summed E-state index contributed by atoms with van der Waals surface area (Å²) in [5, 5.41) is 17.5. The van der Waals surface area contributed by atoms with E-state index < -0.39 is 0 Å². The Labute approximate surface area is 176 Å². The van der Waals surface area contributed by atoms with Crippen molar-refractivity contribution < 1.29 is 9.53 Å². The number of thioether (sulfide) groups is 1. The van der Waals surface area contributed by atoms with Gasteiger partial charge in [-0.2, -0.15) is 0 Å². The van der Waals surface area contributed by atoms with Crippen molar-refractivity contribution in [3.05, 3.63) is 57.2 Å². The highest BCUT2D eigenvalue weighted by atomic mass is 32.2. The van der Waals surface area contributed by atoms with E-state index in [4.69, 9.17) is 10.1 Å². The first-order chi connectivity index (χ1) is 13.9. The molecule has 1 saturated heterocycles. The summed E-state index contributed by atoms with van der Waals surface area (Å²) < 4.78 is 7.37. The van der Waals surface area contributed by atoms with Gasteiger partial charge in [0.05, 0.1) is 12.0 Å². The standard InChI is InChI=1S/C20H19N5O2S2/c1-11-9-14(12(2)24(11)15-5-7-16(27-4)8-6-15)10-17-18(26)25(19(21)29-17)20-23-22-13(3)28-20/h5-10,21H,1-4H3/b17-10-,21-19?. The summed E-state index contributed by atoms with van der Waals surface area (Å²) in [6.07, 6.45) is 1.85. The van der Waals surface area contributed by atoms with E-state index in [2.05, 4.69) is 14.8 Å². The SMILES string of the molecule is COc1ccc(-n2c(C)cc(/C=C3\SC(=N)N(c4nnc(C)s4)C3=O)c2C)cc1. The van der Waals surface area contributed by atoms with Crippen molar-refractivity contribution in [1.29, 1.82) is 5.41 Å². The molecule has 3 heterocycles. The second kappa shape index (κ2) is 7.49. The molecule has 9 heteroatoms. The topological polar surface area (TPSA) is 84.1 Å². The normalized spacial score (nSPS) is 15.6. The lowest BCUT2D eigenvalue weighted by Crippen LogP contribution is -2.27. The van der Waals surface area contributed by atoms with Crippen molar-refractivity contribution in [2.45, 2.75) is 20.8 Å². The van der Waals surface area contributed by atoms with Gasteiger partial charge in [0.15, 0.2) is 5.17 Å². The maximum atomic E-state index is 12.9. The van der Waals surface area contributed by atoms with Crippen molar-refractivity contribution >= 4 is 45.4 Å². The second-order valence-electron chi connectivity index (χ2n) is 6.52. The average Bonchev–Trinajstić information content (AvgIpc) is 3.32. The van der Waals surface area contributed by atoms with Gasteiger partial charge in [-0.15, -0.1) is 10.2 Å². The van der Waals surface area contributed by atoms with Crippen molar-refractivity contribution in [3.8, 4) is 11.4 Å². The average molecular weight is 426 g/mol. The number of carbonyl (C=O) groups is 1. The summed E-state index contributed by atoms with van der Waals surface area (Å²) >= 11 is 2.44. The number of methoxy groups -OCH3 is 1. The number of hydrogen-bond acceptors (Lipinski definition) is 7. The van der Waals surface area contributed by atoms with E-state index in [9.17, 15) is 4.79 Å². The van der Waals surface area contributed by atoms with Gasteiger partial charge in [-0.05, 0) is 74.5 Å². The number of ether oxygens (including phenoxy) is 1. The highest BCUT2D eigenvalue weighted by Gasteiger charge is 2.36. The van der Waals surface area contributed by atoms with Gasteiger partial charge in [-0.3, -0.25) is 10.2 Å². The van der Waals surface area contributed by atoms with Crippen LogP contribution in [0.15, 0.2) is 35.2 Å². The Morgan fingerprint density at radius 3 is 2.48 bits per heavy atom. The van der Waals surface area contributed by atoms with Crippen LogP contribution in [0, 0.1) is 26.2 Å². The maximum Gasteiger partial charge on any atom is 0.273 e. The van der Waals surface area contributed by atoms with Crippen LogP contribution in [0.2, 0.25) is 0 Å². The van der Waals surface area contributed by atoms with Gasteiger partial charge in [-0.25, -0.2) is 4.90 Å². The number of rotatable bonds is 4. The molecule has 1 N–H and O–H groups in total. The molecule has 29 heavy (non-hydrogen) atoms. The minimum atomic E-state index is -0.245. The molecule has 1 aromatic carbocycles. The Kier molecular flexibility index (Phi) is 5.01. The zero-order chi connectivity index (χ0) is 20.7. The van der Waals surface area contributed by atoms with Crippen LogP contribution in [-0.2, 0) is 4.79 Å². The number of anilines is 1. The fourth-order valence-corrected chi connectivity index (χ4v) is 4.83.